The Kier molecular flexibility index (Phi) is 5.36. The third-order valence-corrected chi connectivity index (χ3v) is 4.29. The number of esters is 1. The van der Waals surface area contributed by atoms with Crippen molar-refractivity contribution in [3.8, 4) is 5.75 Å². The van der Waals surface area contributed by atoms with Crippen LogP contribution in [0.3, 0.4) is 0 Å². The molecule has 0 spiro atoms. The molecule has 3 nitrogen and oxygen atoms in total. The van der Waals surface area contributed by atoms with Crippen molar-refractivity contribution in [2.75, 3.05) is 0 Å². The number of hydrogen-bond acceptors (Lipinski definition) is 3. The number of ether oxygens (including phenoxy) is 1. The molecule has 0 bridgehead atoms. The third kappa shape index (κ3) is 4.20. The fourth-order valence-corrected chi connectivity index (χ4v) is 2.76. The molecule has 4 heteroatoms. The Morgan fingerprint density at radius 3 is 2.12 bits per heavy atom. The number of hydrogen-bond donors (Lipinski definition) is 1. The van der Waals surface area contributed by atoms with E-state index in [4.69, 9.17) is 16.3 Å². The maximum atomic E-state index is 12.2. The molecule has 0 aromatic heterocycles. The quantitative estimate of drug-likeness (QED) is 0.658. The van der Waals surface area contributed by atoms with Gasteiger partial charge in [0, 0.05) is 0 Å². The van der Waals surface area contributed by atoms with Gasteiger partial charge in [-0.3, -0.25) is 0 Å². The van der Waals surface area contributed by atoms with Gasteiger partial charge in [-0.05, 0) is 29.2 Å². The Morgan fingerprint density at radius 2 is 1.48 bits per heavy atom. The molecule has 0 aliphatic heterocycles. The van der Waals surface area contributed by atoms with Crippen molar-refractivity contribution in [1.29, 1.82) is 0 Å². The fraction of sp³-hybridized carbons (Fsp3) is 0.0952. The summed E-state index contributed by atoms with van der Waals surface area (Å²) in [6.07, 6.45) is 0.576. The van der Waals surface area contributed by atoms with Crippen molar-refractivity contribution in [3.05, 3.63) is 100 Å². The second-order valence-electron chi connectivity index (χ2n) is 5.66. The predicted octanol–water partition coefficient (Wildman–Crippen LogP) is 4.99. The number of rotatable bonds is 5. The van der Waals surface area contributed by atoms with E-state index in [1.807, 2.05) is 60.7 Å². The summed E-state index contributed by atoms with van der Waals surface area (Å²) in [7, 11) is 0. The first-order valence-corrected chi connectivity index (χ1v) is 8.28. The van der Waals surface area contributed by atoms with E-state index >= 15 is 0 Å². The zero-order chi connectivity index (χ0) is 17.6. The molecule has 126 valence electrons. The minimum absolute atomic E-state index is 0.0674. The van der Waals surface area contributed by atoms with Gasteiger partial charge in [0.1, 0.15) is 17.9 Å². The summed E-state index contributed by atoms with van der Waals surface area (Å²) < 4.78 is 5.25. The molecule has 3 aromatic rings. The minimum Gasteiger partial charge on any atom is -0.505 e. The Hall–Kier alpha value is -2.78. The van der Waals surface area contributed by atoms with E-state index in [0.717, 1.165) is 16.7 Å². The first-order chi connectivity index (χ1) is 12.1. The van der Waals surface area contributed by atoms with Crippen LogP contribution in [0.5, 0.6) is 5.75 Å². The number of benzene rings is 3. The van der Waals surface area contributed by atoms with Crippen LogP contribution in [0.1, 0.15) is 27.0 Å². The molecule has 0 aliphatic rings. The van der Waals surface area contributed by atoms with Gasteiger partial charge in [-0.2, -0.15) is 0 Å². The fourth-order valence-electron chi connectivity index (χ4n) is 2.52. The molecule has 0 amide bonds. The molecule has 3 rings (SSSR count). The second-order valence-corrected chi connectivity index (χ2v) is 6.04. The van der Waals surface area contributed by atoms with Gasteiger partial charge in [0.15, 0.2) is 0 Å². The maximum absolute atomic E-state index is 12.2. The highest BCUT2D eigenvalue weighted by atomic mass is 35.5. The molecule has 0 fully saturated rings. The summed E-state index contributed by atoms with van der Waals surface area (Å²) in [5.41, 5.74) is 2.77. The molecule has 25 heavy (non-hydrogen) atoms. The number of phenolic OH excluding ortho intramolecular Hbond substituents is 1. The van der Waals surface area contributed by atoms with E-state index in [-0.39, 0.29) is 22.9 Å². The van der Waals surface area contributed by atoms with Crippen LogP contribution >= 0.6 is 11.6 Å². The summed E-state index contributed by atoms with van der Waals surface area (Å²) in [6, 6.07) is 22.4. The first kappa shape index (κ1) is 17.1. The zero-order valence-electron chi connectivity index (χ0n) is 13.5. The zero-order valence-corrected chi connectivity index (χ0v) is 14.2. The van der Waals surface area contributed by atoms with Crippen molar-refractivity contribution in [3.63, 3.8) is 0 Å². The third-order valence-electron chi connectivity index (χ3n) is 3.87. The van der Waals surface area contributed by atoms with Crippen LogP contribution in [-0.4, -0.2) is 11.1 Å². The van der Waals surface area contributed by atoms with Crippen LogP contribution < -0.4 is 0 Å². The van der Waals surface area contributed by atoms with Gasteiger partial charge in [-0.25, -0.2) is 4.79 Å². The first-order valence-electron chi connectivity index (χ1n) is 7.90. The van der Waals surface area contributed by atoms with Crippen LogP contribution in [0.4, 0.5) is 0 Å². The SMILES string of the molecule is O=C(OCc1ccccc1)c1ccc(Cc2ccccc2)c(Cl)c1O. The van der Waals surface area contributed by atoms with Crippen molar-refractivity contribution in [2.45, 2.75) is 13.0 Å². The summed E-state index contributed by atoms with van der Waals surface area (Å²) in [4.78, 5) is 12.2. The van der Waals surface area contributed by atoms with E-state index in [1.165, 1.54) is 0 Å². The van der Waals surface area contributed by atoms with Crippen molar-refractivity contribution in [2.24, 2.45) is 0 Å². The molecule has 0 atom stereocenters. The average Bonchev–Trinajstić information content (AvgIpc) is 2.65. The molecule has 1 N–H and O–H groups in total. The Morgan fingerprint density at radius 1 is 0.880 bits per heavy atom. The second kappa shape index (κ2) is 7.86. The largest absolute Gasteiger partial charge is 0.505 e. The number of carbonyl (C=O) groups is 1. The van der Waals surface area contributed by atoms with Gasteiger partial charge in [0.25, 0.3) is 0 Å². The normalized spacial score (nSPS) is 10.4. The number of halogens is 1. The lowest BCUT2D eigenvalue weighted by Crippen LogP contribution is -2.06. The highest BCUT2D eigenvalue weighted by Crippen LogP contribution is 2.33. The van der Waals surface area contributed by atoms with Crippen molar-refractivity contribution < 1.29 is 14.6 Å². The lowest BCUT2D eigenvalue weighted by atomic mass is 10.0. The number of phenols is 1. The lowest BCUT2D eigenvalue weighted by Gasteiger charge is -2.11. The van der Waals surface area contributed by atoms with E-state index < -0.39 is 5.97 Å². The monoisotopic (exact) mass is 352 g/mol. The number of carbonyl (C=O) groups excluding carboxylic acids is 1. The summed E-state index contributed by atoms with van der Waals surface area (Å²) in [6.45, 7) is 0.141. The summed E-state index contributed by atoms with van der Waals surface area (Å²) in [5, 5.41) is 10.5. The standard InChI is InChI=1S/C21H17ClO3/c22-19-17(13-15-7-3-1-4-8-15)11-12-18(20(19)23)21(24)25-14-16-9-5-2-6-10-16/h1-12,23H,13-14H2. The molecule has 0 radical (unpaired) electrons. The average molecular weight is 353 g/mol. The molecular weight excluding hydrogens is 336 g/mol. The van der Waals surface area contributed by atoms with Crippen molar-refractivity contribution in [1.82, 2.24) is 0 Å². The van der Waals surface area contributed by atoms with Gasteiger partial charge >= 0.3 is 5.97 Å². The van der Waals surface area contributed by atoms with E-state index in [1.54, 1.807) is 12.1 Å². The van der Waals surface area contributed by atoms with E-state index in [0.29, 0.717) is 6.42 Å². The van der Waals surface area contributed by atoms with Crippen LogP contribution in [0, 0.1) is 0 Å². The molecule has 0 saturated carbocycles. The summed E-state index contributed by atoms with van der Waals surface area (Å²) >= 11 is 6.25. The molecule has 0 heterocycles. The highest BCUT2D eigenvalue weighted by molar-refractivity contribution is 6.33. The van der Waals surface area contributed by atoms with Gasteiger partial charge in [-0.1, -0.05) is 78.3 Å². The molecule has 0 saturated heterocycles. The molecule has 3 aromatic carbocycles. The molecule has 0 unspecified atom stereocenters. The van der Waals surface area contributed by atoms with Crippen molar-refractivity contribution >= 4 is 17.6 Å². The Labute approximate surface area is 151 Å². The highest BCUT2D eigenvalue weighted by Gasteiger charge is 2.18. The van der Waals surface area contributed by atoms with Gasteiger partial charge in [0.2, 0.25) is 0 Å². The molecule has 0 aliphatic carbocycles. The van der Waals surface area contributed by atoms with Gasteiger partial charge < -0.3 is 9.84 Å². The van der Waals surface area contributed by atoms with Gasteiger partial charge in [0.05, 0.1) is 5.02 Å². The molecular formula is C21H17ClO3. The van der Waals surface area contributed by atoms with Crippen LogP contribution in [0.15, 0.2) is 72.8 Å². The Balaban J connectivity index is 1.74. The topological polar surface area (TPSA) is 46.5 Å². The minimum atomic E-state index is -0.602. The smallest absolute Gasteiger partial charge is 0.342 e. The van der Waals surface area contributed by atoms with Gasteiger partial charge in [-0.15, -0.1) is 0 Å². The van der Waals surface area contributed by atoms with E-state index in [9.17, 15) is 9.90 Å². The van der Waals surface area contributed by atoms with Crippen LogP contribution in [-0.2, 0) is 17.8 Å². The van der Waals surface area contributed by atoms with Crippen LogP contribution in [0.25, 0.3) is 0 Å². The summed E-state index contributed by atoms with van der Waals surface area (Å²) in [5.74, 6) is -0.845. The maximum Gasteiger partial charge on any atom is 0.342 e. The van der Waals surface area contributed by atoms with E-state index in [2.05, 4.69) is 0 Å². The van der Waals surface area contributed by atoms with Crippen LogP contribution in [0.2, 0.25) is 5.02 Å². The lowest BCUT2D eigenvalue weighted by molar-refractivity contribution is 0.0469. The Bertz CT molecular complexity index is 861. The predicted molar refractivity (Wildman–Crippen MR) is 97.9 cm³/mol. The number of aromatic hydroxyl groups is 1.